The van der Waals surface area contributed by atoms with E-state index in [1.807, 2.05) is 0 Å². The van der Waals surface area contributed by atoms with Crippen LogP contribution < -0.4 is 4.74 Å². The number of aryl methyl sites for hydroxylation is 1. The molecule has 0 amide bonds. The smallest absolute Gasteiger partial charge is 0.309 e. The summed E-state index contributed by atoms with van der Waals surface area (Å²) >= 11 is 1.49. The van der Waals surface area contributed by atoms with E-state index in [4.69, 9.17) is 9.84 Å². The van der Waals surface area contributed by atoms with Crippen LogP contribution in [0.25, 0.3) is 0 Å². The van der Waals surface area contributed by atoms with Crippen molar-refractivity contribution in [2.24, 2.45) is 0 Å². The van der Waals surface area contributed by atoms with Gasteiger partial charge in [0.15, 0.2) is 0 Å². The first kappa shape index (κ1) is 18.5. The van der Waals surface area contributed by atoms with Gasteiger partial charge in [0.1, 0.15) is 5.75 Å². The van der Waals surface area contributed by atoms with Crippen LogP contribution in [0.3, 0.4) is 0 Å². The van der Waals surface area contributed by atoms with Gasteiger partial charge >= 0.3 is 5.97 Å². The number of aliphatic carboxylic acids is 1. The van der Waals surface area contributed by atoms with E-state index in [0.717, 1.165) is 17.2 Å². The summed E-state index contributed by atoms with van der Waals surface area (Å²) < 4.78 is 6.01. The minimum Gasteiger partial charge on any atom is -0.493 e. The monoisotopic (exact) mass is 347 g/mol. The number of carboxylic acids is 1. The Kier molecular flexibility index (Phi) is 5.99. The van der Waals surface area contributed by atoms with Crippen molar-refractivity contribution in [2.45, 2.75) is 52.4 Å². The van der Waals surface area contributed by atoms with Crippen LogP contribution in [0.5, 0.6) is 5.75 Å². The molecule has 1 aromatic heterocycles. The van der Waals surface area contributed by atoms with Crippen LogP contribution in [0.4, 0.5) is 0 Å². The SMILES string of the molecule is CCc1ccc(OCCc2nc(CC(=O)O)cs2)c(C(C)(C)C)c1. The third-order valence-corrected chi connectivity index (χ3v) is 4.72. The Bertz CT molecular complexity index is 701. The lowest BCUT2D eigenvalue weighted by Crippen LogP contribution is -2.15. The molecular formula is C19H25NO3S. The average Bonchev–Trinajstić information content (AvgIpc) is 2.93. The number of hydrogen-bond acceptors (Lipinski definition) is 4. The zero-order chi connectivity index (χ0) is 17.7. The topological polar surface area (TPSA) is 59.4 Å². The van der Waals surface area contributed by atoms with Crippen LogP contribution in [-0.2, 0) is 29.5 Å². The van der Waals surface area contributed by atoms with Crippen molar-refractivity contribution in [1.82, 2.24) is 4.98 Å². The Morgan fingerprint density at radius 3 is 2.71 bits per heavy atom. The lowest BCUT2D eigenvalue weighted by atomic mass is 9.85. The molecule has 0 atom stereocenters. The number of nitrogens with zero attached hydrogens (tertiary/aromatic N) is 1. The fourth-order valence-corrected chi connectivity index (χ4v) is 3.24. The van der Waals surface area contributed by atoms with Gasteiger partial charge in [-0.05, 0) is 29.0 Å². The molecule has 1 N–H and O–H groups in total. The van der Waals surface area contributed by atoms with E-state index in [-0.39, 0.29) is 11.8 Å². The predicted octanol–water partition coefficient (Wildman–Crippen LogP) is 4.25. The number of rotatable bonds is 7. The van der Waals surface area contributed by atoms with Gasteiger partial charge < -0.3 is 9.84 Å². The lowest BCUT2D eigenvalue weighted by Gasteiger charge is -2.23. The number of carboxylic acid groups (broad SMARTS) is 1. The number of ether oxygens (including phenoxy) is 1. The van der Waals surface area contributed by atoms with E-state index >= 15 is 0 Å². The molecule has 130 valence electrons. The Hall–Kier alpha value is -1.88. The summed E-state index contributed by atoms with van der Waals surface area (Å²) in [7, 11) is 0. The summed E-state index contributed by atoms with van der Waals surface area (Å²) in [5.74, 6) is 0.0657. The van der Waals surface area contributed by atoms with Crippen molar-refractivity contribution in [1.29, 1.82) is 0 Å². The molecule has 0 bridgehead atoms. The van der Waals surface area contributed by atoms with Gasteiger partial charge in [0.05, 0.1) is 23.7 Å². The molecule has 0 aliphatic heterocycles. The van der Waals surface area contributed by atoms with Gasteiger partial charge in [0, 0.05) is 11.8 Å². The molecule has 2 rings (SSSR count). The highest BCUT2D eigenvalue weighted by Crippen LogP contribution is 2.32. The number of thiazole rings is 1. The summed E-state index contributed by atoms with van der Waals surface area (Å²) in [5, 5.41) is 11.5. The molecule has 0 spiro atoms. The van der Waals surface area contributed by atoms with Gasteiger partial charge in [-0.2, -0.15) is 0 Å². The molecule has 5 heteroatoms. The Morgan fingerprint density at radius 2 is 2.08 bits per heavy atom. The minimum atomic E-state index is -0.853. The second kappa shape index (κ2) is 7.79. The van der Waals surface area contributed by atoms with E-state index < -0.39 is 5.97 Å². The maximum atomic E-state index is 10.7. The molecule has 1 heterocycles. The molecule has 0 saturated carbocycles. The molecule has 1 aromatic carbocycles. The molecule has 0 aliphatic carbocycles. The minimum absolute atomic E-state index is 0.0238. The van der Waals surface area contributed by atoms with E-state index in [1.165, 1.54) is 22.5 Å². The number of aromatic nitrogens is 1. The summed E-state index contributed by atoms with van der Waals surface area (Å²) in [4.78, 5) is 15.0. The zero-order valence-corrected chi connectivity index (χ0v) is 15.6. The molecule has 2 aromatic rings. The van der Waals surface area contributed by atoms with E-state index in [9.17, 15) is 4.79 Å². The van der Waals surface area contributed by atoms with Gasteiger partial charge in [-0.25, -0.2) is 4.98 Å². The van der Waals surface area contributed by atoms with Crippen LogP contribution in [0.1, 0.15) is 49.5 Å². The predicted molar refractivity (Wildman–Crippen MR) is 97.2 cm³/mol. The average molecular weight is 347 g/mol. The normalized spacial score (nSPS) is 11.5. The molecule has 0 aliphatic rings. The van der Waals surface area contributed by atoms with Gasteiger partial charge in [0.2, 0.25) is 0 Å². The van der Waals surface area contributed by atoms with Crippen molar-refractivity contribution in [3.8, 4) is 5.75 Å². The van der Waals surface area contributed by atoms with Crippen molar-refractivity contribution in [2.75, 3.05) is 6.61 Å². The fraction of sp³-hybridized carbons (Fsp3) is 0.474. The number of carbonyl (C=O) groups is 1. The zero-order valence-electron chi connectivity index (χ0n) is 14.8. The first-order chi connectivity index (χ1) is 11.3. The first-order valence-corrected chi connectivity index (χ1v) is 9.09. The standard InChI is InChI=1S/C19H25NO3S/c1-5-13-6-7-16(15(10-13)19(2,3)4)23-9-8-17-20-14(12-24-17)11-18(21)22/h6-7,10,12H,5,8-9,11H2,1-4H3,(H,21,22). The maximum Gasteiger partial charge on any atom is 0.309 e. The second-order valence-corrected chi connectivity index (χ2v) is 7.78. The summed E-state index contributed by atoms with van der Waals surface area (Å²) in [6.07, 6.45) is 1.67. The van der Waals surface area contributed by atoms with Gasteiger partial charge in [-0.3, -0.25) is 4.79 Å². The largest absolute Gasteiger partial charge is 0.493 e. The van der Waals surface area contributed by atoms with Crippen LogP contribution in [-0.4, -0.2) is 22.7 Å². The summed E-state index contributed by atoms with van der Waals surface area (Å²) in [6, 6.07) is 6.39. The Balaban J connectivity index is 2.01. The van der Waals surface area contributed by atoms with Gasteiger partial charge in [-0.15, -0.1) is 11.3 Å². The summed E-state index contributed by atoms with van der Waals surface area (Å²) in [6.45, 7) is 9.25. The van der Waals surface area contributed by atoms with Crippen molar-refractivity contribution in [3.05, 3.63) is 45.4 Å². The Morgan fingerprint density at radius 1 is 1.33 bits per heavy atom. The van der Waals surface area contributed by atoms with Crippen molar-refractivity contribution < 1.29 is 14.6 Å². The quantitative estimate of drug-likeness (QED) is 0.813. The lowest BCUT2D eigenvalue weighted by molar-refractivity contribution is -0.136. The third kappa shape index (κ3) is 5.06. The van der Waals surface area contributed by atoms with Crippen LogP contribution >= 0.6 is 11.3 Å². The molecule has 0 fully saturated rings. The van der Waals surface area contributed by atoms with Crippen LogP contribution in [0.15, 0.2) is 23.6 Å². The molecule has 0 radical (unpaired) electrons. The molecule has 4 nitrogen and oxygen atoms in total. The van der Waals surface area contributed by atoms with Gasteiger partial charge in [-0.1, -0.05) is 39.8 Å². The molecule has 24 heavy (non-hydrogen) atoms. The van der Waals surface area contributed by atoms with Crippen molar-refractivity contribution >= 4 is 17.3 Å². The molecule has 0 unspecified atom stereocenters. The van der Waals surface area contributed by atoms with E-state index in [0.29, 0.717) is 18.7 Å². The first-order valence-electron chi connectivity index (χ1n) is 8.21. The highest BCUT2D eigenvalue weighted by Gasteiger charge is 2.19. The molecule has 0 saturated heterocycles. The number of benzene rings is 1. The maximum absolute atomic E-state index is 10.7. The third-order valence-electron chi connectivity index (χ3n) is 3.77. The fourth-order valence-electron chi connectivity index (χ4n) is 2.46. The summed E-state index contributed by atoms with van der Waals surface area (Å²) in [5.41, 5.74) is 3.17. The second-order valence-electron chi connectivity index (χ2n) is 6.84. The molecular weight excluding hydrogens is 322 g/mol. The van der Waals surface area contributed by atoms with Crippen LogP contribution in [0, 0.1) is 0 Å². The van der Waals surface area contributed by atoms with Crippen molar-refractivity contribution in [3.63, 3.8) is 0 Å². The highest BCUT2D eigenvalue weighted by atomic mass is 32.1. The van der Waals surface area contributed by atoms with E-state index in [2.05, 4.69) is 50.9 Å². The number of hydrogen-bond donors (Lipinski definition) is 1. The van der Waals surface area contributed by atoms with E-state index in [1.54, 1.807) is 5.38 Å². The highest BCUT2D eigenvalue weighted by molar-refractivity contribution is 7.09. The Labute approximate surface area is 147 Å². The van der Waals surface area contributed by atoms with Gasteiger partial charge in [0.25, 0.3) is 0 Å². The van der Waals surface area contributed by atoms with Crippen LogP contribution in [0.2, 0.25) is 0 Å².